The summed E-state index contributed by atoms with van der Waals surface area (Å²) in [5.74, 6) is 0. The van der Waals surface area contributed by atoms with Gasteiger partial charge in [-0.05, 0) is 72.1 Å². The number of para-hydroxylation sites is 1. The smallest absolute Gasteiger partial charge is 0.0708 e. The van der Waals surface area contributed by atoms with Gasteiger partial charge in [0.25, 0.3) is 0 Å². The minimum absolute atomic E-state index is 1.01. The number of rotatable bonds is 4. The largest absolute Gasteiger partial charge is 0.256 e. The summed E-state index contributed by atoms with van der Waals surface area (Å²) in [5, 5.41) is 8.60. The van der Waals surface area contributed by atoms with E-state index in [4.69, 9.17) is 4.98 Å². The van der Waals surface area contributed by atoms with Crippen molar-refractivity contribution in [3.05, 3.63) is 176 Å². The Morgan fingerprint density at radius 2 is 0.717 bits per heavy atom. The molecule has 8 aromatic carbocycles. The molecule has 1 heterocycles. The van der Waals surface area contributed by atoms with E-state index in [1.165, 1.54) is 82.2 Å². The van der Waals surface area contributed by atoms with Crippen molar-refractivity contribution in [2.75, 3.05) is 0 Å². The van der Waals surface area contributed by atoms with E-state index in [0.717, 1.165) is 5.52 Å². The van der Waals surface area contributed by atoms with Gasteiger partial charge in [0.1, 0.15) is 0 Å². The molecule has 214 valence electrons. The Bertz CT molecular complexity index is 2550. The molecule has 0 bridgehead atoms. The molecule has 0 unspecified atom stereocenters. The van der Waals surface area contributed by atoms with E-state index in [1.807, 2.05) is 0 Å². The summed E-state index contributed by atoms with van der Waals surface area (Å²) in [6.45, 7) is 0. The van der Waals surface area contributed by atoms with Crippen molar-refractivity contribution < 1.29 is 0 Å². The Labute approximate surface area is 268 Å². The summed E-state index contributed by atoms with van der Waals surface area (Å²) in [6.07, 6.45) is 2.08. The van der Waals surface area contributed by atoms with E-state index in [9.17, 15) is 0 Å². The quantitative estimate of drug-likeness (QED) is 0.148. The Morgan fingerprint density at radius 3 is 1.35 bits per heavy atom. The van der Waals surface area contributed by atoms with Crippen molar-refractivity contribution in [1.82, 2.24) is 4.98 Å². The molecule has 0 atom stereocenters. The van der Waals surface area contributed by atoms with Gasteiger partial charge >= 0.3 is 0 Å². The fourth-order valence-corrected chi connectivity index (χ4v) is 7.25. The maximum Gasteiger partial charge on any atom is 0.0708 e. The number of hydrogen-bond acceptors (Lipinski definition) is 1. The molecule has 46 heavy (non-hydrogen) atoms. The Balaban J connectivity index is 1.27. The van der Waals surface area contributed by atoms with Crippen molar-refractivity contribution in [3.63, 3.8) is 0 Å². The van der Waals surface area contributed by atoms with E-state index < -0.39 is 0 Å². The second-order valence-corrected chi connectivity index (χ2v) is 11.9. The fraction of sp³-hybridized carbons (Fsp3) is 0. The molecule has 0 aliphatic rings. The third-order valence-corrected chi connectivity index (χ3v) is 9.32. The molecule has 0 amide bonds. The highest BCUT2D eigenvalue weighted by atomic mass is 14.6. The van der Waals surface area contributed by atoms with E-state index in [2.05, 4.69) is 176 Å². The Morgan fingerprint density at radius 1 is 0.283 bits per heavy atom. The Kier molecular flexibility index (Phi) is 6.21. The first kappa shape index (κ1) is 26.4. The monoisotopic (exact) mass is 583 g/mol. The van der Waals surface area contributed by atoms with Crippen LogP contribution in [0, 0.1) is 0 Å². The van der Waals surface area contributed by atoms with Crippen molar-refractivity contribution in [2.45, 2.75) is 0 Å². The summed E-state index contributed by atoms with van der Waals surface area (Å²) in [7, 11) is 0. The number of benzene rings is 8. The summed E-state index contributed by atoms with van der Waals surface area (Å²) in [6, 6.07) is 61.2. The number of hydrogen-bond donors (Lipinski definition) is 0. The highest BCUT2D eigenvalue weighted by molar-refractivity contribution is 6.27. The molecule has 0 aliphatic carbocycles. The number of nitrogens with zero attached hydrogens (tertiary/aromatic N) is 1. The first-order valence-corrected chi connectivity index (χ1v) is 15.8. The standard InChI is InChI=1S/C45H29N/c1-3-13-30(14-4-1)34-27-28-35(37-18-8-7-17-36(34)37)31-23-25-33(26-24-31)43-38-19-9-10-20-39(38)44(32-15-5-2-6-16-32)45-40-21-11-12-22-42(40)46-29-41(43)45/h1-29H. The van der Waals surface area contributed by atoms with Crippen LogP contribution in [-0.4, -0.2) is 4.98 Å². The van der Waals surface area contributed by atoms with E-state index >= 15 is 0 Å². The van der Waals surface area contributed by atoms with Gasteiger partial charge in [0, 0.05) is 22.4 Å². The maximum absolute atomic E-state index is 4.97. The van der Waals surface area contributed by atoms with Crippen LogP contribution in [0.3, 0.4) is 0 Å². The lowest BCUT2D eigenvalue weighted by molar-refractivity contribution is 1.45. The van der Waals surface area contributed by atoms with Crippen LogP contribution < -0.4 is 0 Å². The molecule has 1 nitrogen and oxygen atoms in total. The normalized spacial score (nSPS) is 11.5. The van der Waals surface area contributed by atoms with Crippen LogP contribution in [0.25, 0.3) is 87.7 Å². The van der Waals surface area contributed by atoms with Gasteiger partial charge < -0.3 is 0 Å². The van der Waals surface area contributed by atoms with Gasteiger partial charge in [-0.15, -0.1) is 0 Å². The van der Waals surface area contributed by atoms with Crippen LogP contribution in [0.2, 0.25) is 0 Å². The van der Waals surface area contributed by atoms with Crippen LogP contribution in [0.15, 0.2) is 176 Å². The zero-order chi connectivity index (χ0) is 30.5. The number of pyridine rings is 1. The predicted molar refractivity (Wildman–Crippen MR) is 196 cm³/mol. The van der Waals surface area contributed by atoms with Gasteiger partial charge in [-0.2, -0.15) is 0 Å². The topological polar surface area (TPSA) is 12.9 Å². The molecule has 0 fully saturated rings. The van der Waals surface area contributed by atoms with Gasteiger partial charge in [-0.25, -0.2) is 0 Å². The fourth-order valence-electron chi connectivity index (χ4n) is 7.25. The molecule has 0 spiro atoms. The SMILES string of the molecule is c1ccc(-c2ccc(-c3ccc(-c4c5ccccc5c(-c5ccccc5)c5c4cnc4ccccc45)cc3)c3ccccc23)cc1. The molecule has 0 radical (unpaired) electrons. The third kappa shape index (κ3) is 4.21. The minimum atomic E-state index is 1.01. The molecule has 9 aromatic rings. The summed E-state index contributed by atoms with van der Waals surface area (Å²) < 4.78 is 0. The molecule has 1 heteroatoms. The average Bonchev–Trinajstić information content (AvgIpc) is 3.14. The van der Waals surface area contributed by atoms with Crippen molar-refractivity contribution in [3.8, 4) is 44.5 Å². The molecule has 0 N–H and O–H groups in total. The van der Waals surface area contributed by atoms with Gasteiger partial charge in [0.05, 0.1) is 5.52 Å². The van der Waals surface area contributed by atoms with Crippen molar-refractivity contribution in [1.29, 1.82) is 0 Å². The average molecular weight is 584 g/mol. The van der Waals surface area contributed by atoms with Crippen LogP contribution in [0.4, 0.5) is 0 Å². The van der Waals surface area contributed by atoms with Gasteiger partial charge in [0.15, 0.2) is 0 Å². The molecular formula is C45H29N. The van der Waals surface area contributed by atoms with Crippen molar-refractivity contribution in [2.24, 2.45) is 0 Å². The van der Waals surface area contributed by atoms with Crippen molar-refractivity contribution >= 4 is 43.2 Å². The maximum atomic E-state index is 4.97. The first-order chi connectivity index (χ1) is 22.8. The number of aromatic nitrogens is 1. The van der Waals surface area contributed by atoms with E-state index in [0.29, 0.717) is 0 Å². The molecule has 0 aliphatic heterocycles. The lowest BCUT2D eigenvalue weighted by Crippen LogP contribution is -1.93. The summed E-state index contributed by atoms with van der Waals surface area (Å²) >= 11 is 0. The highest BCUT2D eigenvalue weighted by Gasteiger charge is 2.19. The second kappa shape index (κ2) is 10.8. The molecular weight excluding hydrogens is 555 g/mol. The zero-order valence-electron chi connectivity index (χ0n) is 25.2. The summed E-state index contributed by atoms with van der Waals surface area (Å²) in [5.41, 5.74) is 10.8. The third-order valence-electron chi connectivity index (χ3n) is 9.32. The van der Waals surface area contributed by atoms with E-state index in [1.54, 1.807) is 0 Å². The Hall–Kier alpha value is -6.05. The van der Waals surface area contributed by atoms with Gasteiger partial charge in [-0.3, -0.25) is 4.98 Å². The van der Waals surface area contributed by atoms with Gasteiger partial charge in [0.2, 0.25) is 0 Å². The molecule has 9 rings (SSSR count). The van der Waals surface area contributed by atoms with Crippen LogP contribution in [0.5, 0.6) is 0 Å². The van der Waals surface area contributed by atoms with Crippen LogP contribution in [-0.2, 0) is 0 Å². The highest BCUT2D eigenvalue weighted by Crippen LogP contribution is 2.46. The molecule has 1 aromatic heterocycles. The lowest BCUT2D eigenvalue weighted by Gasteiger charge is -2.19. The number of fused-ring (bicyclic) bond motifs is 5. The van der Waals surface area contributed by atoms with Crippen LogP contribution >= 0.6 is 0 Å². The molecule has 0 saturated carbocycles. The molecule has 0 saturated heterocycles. The zero-order valence-corrected chi connectivity index (χ0v) is 25.2. The predicted octanol–water partition coefficient (Wildman–Crippen LogP) is 12.4. The lowest BCUT2D eigenvalue weighted by atomic mass is 9.85. The van der Waals surface area contributed by atoms with E-state index in [-0.39, 0.29) is 0 Å². The van der Waals surface area contributed by atoms with Gasteiger partial charge in [-0.1, -0.05) is 164 Å². The summed E-state index contributed by atoms with van der Waals surface area (Å²) in [4.78, 5) is 4.97. The minimum Gasteiger partial charge on any atom is -0.256 e. The second-order valence-electron chi connectivity index (χ2n) is 11.9. The first-order valence-electron chi connectivity index (χ1n) is 15.8. The van der Waals surface area contributed by atoms with Crippen LogP contribution in [0.1, 0.15) is 0 Å².